The van der Waals surface area contributed by atoms with Gasteiger partial charge in [0.2, 0.25) is 0 Å². The zero-order chi connectivity index (χ0) is 33.1. The van der Waals surface area contributed by atoms with Gasteiger partial charge in [0.05, 0.1) is 16.5 Å². The molecule has 46 heavy (non-hydrogen) atoms. The number of carbonyl (C=O) groups is 2. The van der Waals surface area contributed by atoms with Crippen LogP contribution >= 0.6 is 0 Å². The quantitative estimate of drug-likeness (QED) is 0.162. The number of likely N-dealkylation sites (tertiary alicyclic amines) is 1. The van der Waals surface area contributed by atoms with Gasteiger partial charge in [-0.25, -0.2) is 0 Å². The molecule has 244 valence electrons. The SMILES string of the molecule is CCC1N[C@@H](N)C(C)(C(=O)O)C(c2cccc([N+](=O)[O-])c2)C1(CCCN1CCC(c2ccccc2)(c2ccccc2)CC1)C(=O)O. The van der Waals surface area contributed by atoms with E-state index < -0.39 is 45.8 Å². The van der Waals surface area contributed by atoms with E-state index in [1.165, 1.54) is 36.2 Å². The van der Waals surface area contributed by atoms with Gasteiger partial charge in [-0.2, -0.15) is 0 Å². The molecule has 5 N–H and O–H groups in total. The molecule has 0 aromatic heterocycles. The molecule has 0 radical (unpaired) electrons. The van der Waals surface area contributed by atoms with Gasteiger partial charge in [0.15, 0.2) is 0 Å². The summed E-state index contributed by atoms with van der Waals surface area (Å²) in [5, 5.41) is 36.5. The molecule has 0 bridgehead atoms. The summed E-state index contributed by atoms with van der Waals surface area (Å²) >= 11 is 0. The van der Waals surface area contributed by atoms with Gasteiger partial charge in [0.25, 0.3) is 5.69 Å². The normalized spacial score (nSPS) is 27.9. The summed E-state index contributed by atoms with van der Waals surface area (Å²) in [6.07, 6.45) is 1.82. The van der Waals surface area contributed by atoms with Crippen molar-refractivity contribution in [2.75, 3.05) is 19.6 Å². The summed E-state index contributed by atoms with van der Waals surface area (Å²) in [6, 6.07) is 26.2. The van der Waals surface area contributed by atoms with Crippen molar-refractivity contribution in [2.24, 2.45) is 16.6 Å². The standard InChI is InChI=1S/C36H44N4O6/c1-3-29-36(33(43)44,30(34(2,32(41)42)31(37)38-29)25-12-10-17-28(24-25)40(45)46)18-11-21-39-22-19-35(20-23-39,26-13-6-4-7-14-26)27-15-8-5-9-16-27/h4-10,12-17,24,29-31,38H,3,11,18-23,37H2,1-2H3,(H,41,42)(H,43,44)/t29?,30?,31-,34?,36?/m1/s1. The molecule has 2 fully saturated rings. The van der Waals surface area contributed by atoms with Crippen LogP contribution in [0.5, 0.6) is 0 Å². The number of carboxylic acids is 2. The summed E-state index contributed by atoms with van der Waals surface area (Å²) in [5.74, 6) is -3.51. The highest BCUT2D eigenvalue weighted by Crippen LogP contribution is 2.57. The largest absolute Gasteiger partial charge is 0.481 e. The predicted molar refractivity (Wildman–Crippen MR) is 175 cm³/mol. The molecule has 3 aromatic rings. The van der Waals surface area contributed by atoms with Crippen molar-refractivity contribution in [1.82, 2.24) is 10.2 Å². The fourth-order valence-corrected chi connectivity index (χ4v) is 8.36. The average Bonchev–Trinajstić information content (AvgIpc) is 3.07. The third-order valence-electron chi connectivity index (χ3n) is 10.9. The Kier molecular flexibility index (Phi) is 9.62. The third kappa shape index (κ3) is 5.70. The van der Waals surface area contributed by atoms with Gasteiger partial charge in [-0.15, -0.1) is 0 Å². The summed E-state index contributed by atoms with van der Waals surface area (Å²) in [4.78, 5) is 40.0. The maximum absolute atomic E-state index is 13.5. The number of nitro groups is 1. The first kappa shape index (κ1) is 33.2. The lowest BCUT2D eigenvalue weighted by atomic mass is 9.51. The van der Waals surface area contributed by atoms with Gasteiger partial charge >= 0.3 is 11.9 Å². The molecule has 4 unspecified atom stereocenters. The van der Waals surface area contributed by atoms with Crippen molar-refractivity contribution in [3.63, 3.8) is 0 Å². The van der Waals surface area contributed by atoms with Crippen molar-refractivity contribution < 1.29 is 24.7 Å². The Labute approximate surface area is 269 Å². The number of nitrogens with one attached hydrogen (secondary N) is 1. The minimum atomic E-state index is -1.75. The third-order valence-corrected chi connectivity index (χ3v) is 10.9. The predicted octanol–water partition coefficient (Wildman–Crippen LogP) is 5.37. The number of carboxylic acid groups (broad SMARTS) is 2. The second-order valence-electron chi connectivity index (χ2n) is 13.1. The van der Waals surface area contributed by atoms with Crippen LogP contribution in [0.4, 0.5) is 5.69 Å². The van der Waals surface area contributed by atoms with Gasteiger partial charge in [-0.1, -0.05) is 79.7 Å². The van der Waals surface area contributed by atoms with E-state index in [2.05, 4.69) is 58.7 Å². The van der Waals surface area contributed by atoms with Crippen LogP contribution in [0, 0.1) is 20.9 Å². The second kappa shape index (κ2) is 13.3. The van der Waals surface area contributed by atoms with Gasteiger partial charge in [-0.05, 0) is 75.4 Å². The second-order valence-corrected chi connectivity index (χ2v) is 13.1. The van der Waals surface area contributed by atoms with Gasteiger partial charge in [-0.3, -0.25) is 25.0 Å². The first-order valence-corrected chi connectivity index (χ1v) is 16.1. The van der Waals surface area contributed by atoms with E-state index in [1.54, 1.807) is 6.07 Å². The number of benzene rings is 3. The molecular formula is C36H44N4O6. The van der Waals surface area contributed by atoms with Crippen LogP contribution < -0.4 is 11.1 Å². The van der Waals surface area contributed by atoms with Crippen LogP contribution in [0.15, 0.2) is 84.9 Å². The highest BCUT2D eigenvalue weighted by atomic mass is 16.6. The molecule has 2 aliphatic rings. The molecule has 0 aliphatic carbocycles. The number of rotatable bonds is 11. The van der Waals surface area contributed by atoms with Crippen LogP contribution in [0.2, 0.25) is 0 Å². The van der Waals surface area contributed by atoms with Gasteiger partial charge < -0.3 is 20.8 Å². The Morgan fingerprint density at radius 1 is 0.957 bits per heavy atom. The lowest BCUT2D eigenvalue weighted by molar-refractivity contribution is -0.385. The molecule has 0 amide bonds. The summed E-state index contributed by atoms with van der Waals surface area (Å²) in [6.45, 7) is 5.60. The van der Waals surface area contributed by atoms with Crippen LogP contribution in [-0.4, -0.2) is 63.8 Å². The Hall–Kier alpha value is -4.12. The van der Waals surface area contributed by atoms with Crippen molar-refractivity contribution >= 4 is 17.6 Å². The maximum atomic E-state index is 13.5. The number of nitro benzene ring substituents is 1. The topological polar surface area (TPSA) is 159 Å². The number of hydrogen-bond donors (Lipinski definition) is 4. The first-order valence-electron chi connectivity index (χ1n) is 16.1. The smallest absolute Gasteiger partial charge is 0.312 e. The molecule has 0 spiro atoms. The molecule has 5 rings (SSSR count). The van der Waals surface area contributed by atoms with Crippen LogP contribution in [0.3, 0.4) is 0 Å². The van der Waals surface area contributed by atoms with Crippen LogP contribution in [-0.2, 0) is 15.0 Å². The average molecular weight is 629 g/mol. The van der Waals surface area contributed by atoms with E-state index in [0.717, 1.165) is 25.9 Å². The highest BCUT2D eigenvalue weighted by molar-refractivity contribution is 5.84. The van der Waals surface area contributed by atoms with E-state index in [-0.39, 0.29) is 17.5 Å². The minimum Gasteiger partial charge on any atom is -0.481 e. The Balaban J connectivity index is 1.44. The molecule has 0 saturated carbocycles. The highest BCUT2D eigenvalue weighted by Gasteiger charge is 2.66. The van der Waals surface area contributed by atoms with Crippen molar-refractivity contribution in [1.29, 1.82) is 0 Å². The minimum absolute atomic E-state index is 0.117. The number of nitrogens with zero attached hydrogens (tertiary/aromatic N) is 2. The molecule has 2 heterocycles. The molecular weight excluding hydrogens is 584 g/mol. The zero-order valence-corrected chi connectivity index (χ0v) is 26.5. The van der Waals surface area contributed by atoms with Crippen molar-refractivity contribution in [3.05, 3.63) is 112 Å². The molecule has 3 aromatic carbocycles. The maximum Gasteiger partial charge on any atom is 0.312 e. The van der Waals surface area contributed by atoms with E-state index >= 15 is 0 Å². The number of piperidine rings is 2. The molecule has 2 aliphatic heterocycles. The van der Waals surface area contributed by atoms with Gasteiger partial charge in [0.1, 0.15) is 5.41 Å². The molecule has 5 atom stereocenters. The Morgan fingerprint density at radius 2 is 1.54 bits per heavy atom. The Bertz CT molecular complexity index is 1500. The summed E-state index contributed by atoms with van der Waals surface area (Å²) < 4.78 is 0. The van der Waals surface area contributed by atoms with Crippen LogP contribution in [0.25, 0.3) is 0 Å². The molecule has 10 nitrogen and oxygen atoms in total. The summed E-state index contributed by atoms with van der Waals surface area (Å²) in [5.41, 5.74) is 5.66. The molecule has 10 heteroatoms. The molecule has 2 saturated heterocycles. The first-order chi connectivity index (χ1) is 22.0. The number of non-ortho nitro benzene ring substituents is 1. The fraction of sp³-hybridized carbons (Fsp3) is 0.444. The zero-order valence-electron chi connectivity index (χ0n) is 26.5. The number of aliphatic carboxylic acids is 2. The van der Waals surface area contributed by atoms with Crippen molar-refractivity contribution in [3.8, 4) is 0 Å². The number of hydrogen-bond acceptors (Lipinski definition) is 7. The lowest BCUT2D eigenvalue weighted by Gasteiger charge is -2.56. The summed E-state index contributed by atoms with van der Waals surface area (Å²) in [7, 11) is 0. The fourth-order valence-electron chi connectivity index (χ4n) is 8.36. The number of nitrogens with two attached hydrogens (primary N) is 1. The Morgan fingerprint density at radius 3 is 2.04 bits per heavy atom. The monoisotopic (exact) mass is 628 g/mol. The van der Waals surface area contributed by atoms with Gasteiger partial charge in [0, 0.05) is 29.5 Å². The van der Waals surface area contributed by atoms with E-state index in [0.29, 0.717) is 24.9 Å². The van der Waals surface area contributed by atoms with E-state index in [1.807, 2.05) is 19.1 Å². The van der Waals surface area contributed by atoms with Crippen LogP contribution in [0.1, 0.15) is 68.6 Å². The van der Waals surface area contributed by atoms with E-state index in [9.17, 15) is 29.9 Å². The van der Waals surface area contributed by atoms with Crippen molar-refractivity contribution in [2.45, 2.75) is 69.5 Å². The lowest BCUT2D eigenvalue weighted by Crippen LogP contribution is -2.72. The van der Waals surface area contributed by atoms with E-state index in [4.69, 9.17) is 5.73 Å².